The summed E-state index contributed by atoms with van der Waals surface area (Å²) in [5.74, 6) is -19.9. The molecule has 752 valence electrons. The highest BCUT2D eigenvalue weighted by Gasteiger charge is 2.40. The van der Waals surface area contributed by atoms with Crippen molar-refractivity contribution in [2.24, 2.45) is 46.2 Å². The normalized spacial score (nSPS) is 14.7. The number of carboxylic acid groups (broad SMARTS) is 2. The van der Waals surface area contributed by atoms with Crippen LogP contribution < -0.4 is 119 Å². The van der Waals surface area contributed by atoms with Crippen LogP contribution in [0.4, 0.5) is 0 Å². The lowest BCUT2D eigenvalue weighted by molar-refractivity contribution is -0.143. The van der Waals surface area contributed by atoms with Gasteiger partial charge in [-0.1, -0.05) is 52.0 Å². The Morgan fingerprint density at radius 3 is 1.14 bits per heavy atom. The summed E-state index contributed by atoms with van der Waals surface area (Å²) in [7, 11) is 0. The number of guanidine groups is 1. The van der Waals surface area contributed by atoms with E-state index >= 15 is 0 Å². The van der Waals surface area contributed by atoms with E-state index < -0.39 is 242 Å². The van der Waals surface area contributed by atoms with Crippen molar-refractivity contribution >= 4 is 136 Å². The van der Waals surface area contributed by atoms with Gasteiger partial charge >= 0.3 is 11.9 Å². The SMILES string of the molecule is CSCC[C@H](NC(=O)[C@H](CO)NC(=O)[C@H](C)NC(=O)[C@H](CC(C)C)NC(=O)[C@H](CCCCN)NC(=O)[C@H](CCCCN)NC(=O)[C@H](CCC(N)=O)NC(=O)[C@H](Cc1ccc(O)cc1)NC(=O)CNC(=O)[C@@H](N)CCSC)C(=O)N[C@H](C(=O)N[C@@H](CC(=O)O)C(=O)N[C@@H](CCCCN)C(=O)N[C@@H](Cc1ccc(O)cc1)C(=O)N[C@@H](CCCNC(=N)N)C(=O)N[C@@H](CC(C)C)C(=O)O)[C@@H](C)O. The van der Waals surface area contributed by atoms with Gasteiger partial charge < -0.3 is 150 Å². The van der Waals surface area contributed by atoms with Gasteiger partial charge in [0.2, 0.25) is 94.5 Å². The van der Waals surface area contributed by atoms with Crippen LogP contribution in [0.25, 0.3) is 0 Å². The van der Waals surface area contributed by atoms with Crippen molar-refractivity contribution in [3.8, 4) is 11.5 Å². The van der Waals surface area contributed by atoms with Gasteiger partial charge in [0.1, 0.15) is 96.1 Å². The minimum absolute atomic E-state index is 0.00263. The number of aliphatic carboxylic acids is 2. The summed E-state index contributed by atoms with van der Waals surface area (Å²) in [5.41, 5.74) is 35.1. The number of carboxylic acids is 2. The predicted octanol–water partition coefficient (Wildman–Crippen LogP) is -6.42. The highest BCUT2D eigenvalue weighted by atomic mass is 32.2. The number of hydrogen-bond acceptors (Lipinski definition) is 29. The first kappa shape index (κ1) is 118. The first-order valence-electron chi connectivity index (χ1n) is 44.3. The summed E-state index contributed by atoms with van der Waals surface area (Å²) in [6, 6.07) is -12.7. The molecule has 0 aliphatic heterocycles. The van der Waals surface area contributed by atoms with Crippen LogP contribution in [0.5, 0.6) is 11.5 Å². The molecule has 0 saturated carbocycles. The van der Waals surface area contributed by atoms with Crippen LogP contribution in [0.2, 0.25) is 0 Å². The summed E-state index contributed by atoms with van der Waals surface area (Å²) in [6.45, 7) is 7.78. The van der Waals surface area contributed by atoms with Crippen LogP contribution in [0, 0.1) is 17.2 Å². The number of carbonyl (C=O) groups excluding carboxylic acids is 16. The van der Waals surface area contributed by atoms with E-state index in [-0.39, 0.29) is 145 Å². The summed E-state index contributed by atoms with van der Waals surface area (Å²) < 4.78 is 0. The molecule has 0 aliphatic carbocycles. The van der Waals surface area contributed by atoms with Crippen LogP contribution in [0.15, 0.2) is 48.5 Å². The molecule has 0 fully saturated rings. The Balaban J connectivity index is 2.47. The fourth-order valence-electron chi connectivity index (χ4n) is 13.2. The number of hydrogen-bond donors (Lipinski definition) is 29. The maximum atomic E-state index is 14.6. The average molecular weight is 1930 g/mol. The molecule has 2 aromatic carbocycles. The first-order chi connectivity index (χ1) is 63.3. The molecule has 16 atom stereocenters. The van der Waals surface area contributed by atoms with E-state index in [2.05, 4.69) is 85.1 Å². The maximum Gasteiger partial charge on any atom is 0.326 e. The van der Waals surface area contributed by atoms with Crippen LogP contribution in [0.1, 0.15) is 168 Å². The molecule has 0 bridgehead atoms. The number of phenols is 2. The Kier molecular flexibility index (Phi) is 56.7. The van der Waals surface area contributed by atoms with E-state index in [0.29, 0.717) is 36.1 Å². The molecule has 2 aromatic rings. The van der Waals surface area contributed by atoms with E-state index in [1.807, 2.05) is 6.26 Å². The molecular formula is C85H141N23O24S2. The lowest BCUT2D eigenvalue weighted by atomic mass is 10.0. The molecule has 0 heterocycles. The number of nitrogens with one attached hydrogen (secondary N) is 17. The van der Waals surface area contributed by atoms with Crippen molar-refractivity contribution < 1.29 is 117 Å². The fourth-order valence-corrected chi connectivity index (χ4v) is 14.2. The standard InChI is InChI=1S/C85H141N23O24S2/c1-45(2)38-60(103-73(120)55(17-10-13-33-87)97-72(119)54(16-9-12-32-86)98-76(123)58(28-29-66(90)113)101-79(126)61(40-49-20-24-51(111)25-21-49)96-67(114)43-94-71(118)53(89)30-36-133-7)78(125)95-47(5)70(117)107-65(44-109)82(129)102-59(31-37-134-8)77(124)108-69(48(6)110)83(130)105-63(42-68(115)116)81(128)99-56(18-11-14-34-88)74(121)104-62(41-50-22-26-52(112)27-23-50)80(127)100-57(19-15-35-93-85(91)92)75(122)106-64(84(131)132)39-46(3)4/h20-27,45-48,53-65,69,109-112H,9-19,28-44,86-89H2,1-8H3,(H2,90,113)(H,94,118)(H,95,125)(H,96,114)(H,97,119)(H,98,123)(H,99,128)(H,100,127)(H,101,126)(H,102,129)(H,103,120)(H,104,121)(H,105,130)(H,106,122)(H,107,117)(H,108,124)(H,115,116)(H,131,132)(H4,91,92,93)/t47-,48+,53-,54-,55-,56-,57-,58-,59-,60-,61-,62-,63-,64-,65-,69-/m0/s1. The van der Waals surface area contributed by atoms with Gasteiger partial charge in [-0.15, -0.1) is 0 Å². The number of nitrogens with two attached hydrogens (primary N) is 6. The van der Waals surface area contributed by atoms with Crippen molar-refractivity contribution in [2.45, 2.75) is 267 Å². The van der Waals surface area contributed by atoms with Gasteiger partial charge in [-0.25, -0.2) is 4.79 Å². The number of carbonyl (C=O) groups is 18. The zero-order chi connectivity index (χ0) is 101. The largest absolute Gasteiger partial charge is 0.508 e. The van der Waals surface area contributed by atoms with Crippen molar-refractivity contribution in [3.63, 3.8) is 0 Å². The van der Waals surface area contributed by atoms with E-state index in [0.717, 1.165) is 6.92 Å². The van der Waals surface area contributed by atoms with Crippen molar-refractivity contribution in [2.75, 3.05) is 63.3 Å². The lowest BCUT2D eigenvalue weighted by Crippen LogP contribution is -2.62. The van der Waals surface area contributed by atoms with Crippen molar-refractivity contribution in [1.29, 1.82) is 5.41 Å². The average Bonchev–Trinajstić information content (AvgIpc) is 0.848. The number of unbranched alkanes of at least 4 members (excludes halogenated alkanes) is 3. The third-order valence-corrected chi connectivity index (χ3v) is 21.9. The summed E-state index contributed by atoms with van der Waals surface area (Å²) in [6.07, 6.45) is -0.0402. The quantitative estimate of drug-likeness (QED) is 0.0166. The summed E-state index contributed by atoms with van der Waals surface area (Å²) >= 11 is 2.64. The highest BCUT2D eigenvalue weighted by Crippen LogP contribution is 2.18. The zero-order valence-corrected chi connectivity index (χ0v) is 78.8. The third kappa shape index (κ3) is 47.2. The van der Waals surface area contributed by atoms with Crippen molar-refractivity contribution in [1.82, 2.24) is 85.1 Å². The molecule has 0 spiro atoms. The first-order valence-corrected chi connectivity index (χ1v) is 47.1. The zero-order valence-electron chi connectivity index (χ0n) is 77.1. The highest BCUT2D eigenvalue weighted by molar-refractivity contribution is 7.98. The molecule has 134 heavy (non-hydrogen) atoms. The van der Waals surface area contributed by atoms with Gasteiger partial charge in [-0.3, -0.25) is 86.9 Å². The Morgan fingerprint density at radius 1 is 0.388 bits per heavy atom. The van der Waals surface area contributed by atoms with Crippen LogP contribution in [-0.4, -0.2) is 303 Å². The Hall–Kier alpha value is -11.8. The number of amides is 16. The second-order valence-electron chi connectivity index (χ2n) is 33.1. The van der Waals surface area contributed by atoms with Gasteiger partial charge in [0.25, 0.3) is 0 Å². The molecule has 0 unspecified atom stereocenters. The molecule has 35 N–H and O–H groups in total. The summed E-state index contributed by atoms with van der Waals surface area (Å²) in [5, 5.41) is 109. The minimum Gasteiger partial charge on any atom is -0.508 e. The minimum atomic E-state index is -2.09. The van der Waals surface area contributed by atoms with E-state index in [4.69, 9.17) is 39.8 Å². The number of aliphatic hydroxyl groups excluding tert-OH is 2. The van der Waals surface area contributed by atoms with E-state index in [1.165, 1.54) is 79.0 Å². The monoisotopic (exact) mass is 1930 g/mol. The number of primary amides is 1. The maximum absolute atomic E-state index is 14.6. The number of rotatable bonds is 68. The summed E-state index contributed by atoms with van der Waals surface area (Å²) in [4.78, 5) is 249. The van der Waals surface area contributed by atoms with Crippen molar-refractivity contribution in [3.05, 3.63) is 59.7 Å². The van der Waals surface area contributed by atoms with Gasteiger partial charge in [0.05, 0.1) is 31.7 Å². The van der Waals surface area contributed by atoms with Crippen LogP contribution >= 0.6 is 23.5 Å². The third-order valence-electron chi connectivity index (χ3n) is 20.6. The van der Waals surface area contributed by atoms with Gasteiger partial charge in [-0.2, -0.15) is 23.5 Å². The number of thioether (sulfide) groups is 2. The molecule has 0 radical (unpaired) electrons. The predicted molar refractivity (Wildman–Crippen MR) is 497 cm³/mol. The number of aromatic hydroxyl groups is 2. The fraction of sp³-hybridized carbons (Fsp3) is 0.635. The Bertz CT molecular complexity index is 4160. The second kappa shape index (κ2) is 64.2. The molecule has 49 heteroatoms. The Morgan fingerprint density at radius 2 is 0.739 bits per heavy atom. The van der Waals surface area contributed by atoms with E-state index in [9.17, 15) is 117 Å². The number of aliphatic hydroxyl groups is 2. The second-order valence-corrected chi connectivity index (χ2v) is 35.1. The molecule has 2 rings (SSSR count). The lowest BCUT2D eigenvalue weighted by Gasteiger charge is -2.29. The molecule has 0 aliphatic rings. The molecule has 0 aromatic heterocycles. The topological polar surface area (TPSA) is 801 Å². The van der Waals surface area contributed by atoms with Crippen LogP contribution in [0.3, 0.4) is 0 Å². The van der Waals surface area contributed by atoms with Crippen LogP contribution in [-0.2, 0) is 99.1 Å². The molecular weight excluding hydrogens is 1790 g/mol. The molecule has 47 nitrogen and oxygen atoms in total. The smallest absolute Gasteiger partial charge is 0.326 e. The van der Waals surface area contributed by atoms with Gasteiger partial charge in [0.15, 0.2) is 5.96 Å². The van der Waals surface area contributed by atoms with E-state index in [1.54, 1.807) is 34.0 Å². The van der Waals surface area contributed by atoms with Gasteiger partial charge in [-0.05, 0) is 207 Å². The molecule has 16 amide bonds. The number of phenolic OH excluding ortho intramolecular Hbond substituents is 2. The Labute approximate surface area is 787 Å². The molecule has 0 saturated heterocycles. The number of benzene rings is 2. The van der Waals surface area contributed by atoms with Gasteiger partial charge in [0, 0.05) is 25.8 Å².